The number of rotatable bonds is 5. The molecule has 7 heteroatoms. The summed E-state index contributed by atoms with van der Waals surface area (Å²) in [7, 11) is 1.55. The van der Waals surface area contributed by atoms with Crippen LogP contribution < -0.4 is 16.3 Å². The Morgan fingerprint density at radius 1 is 1.30 bits per heavy atom. The van der Waals surface area contributed by atoms with E-state index in [1.807, 2.05) is 24.3 Å². The van der Waals surface area contributed by atoms with Gasteiger partial charge in [0.25, 0.3) is 0 Å². The fourth-order valence-corrected chi connectivity index (χ4v) is 3.04. The molecule has 27 heavy (non-hydrogen) atoms. The topological polar surface area (TPSA) is 101 Å². The van der Waals surface area contributed by atoms with E-state index >= 15 is 0 Å². The molecule has 0 bridgehead atoms. The molecule has 4 N–H and O–H groups in total. The molecule has 0 aliphatic rings. The average molecular weight is 380 g/mol. The molecule has 6 nitrogen and oxygen atoms in total. The van der Waals surface area contributed by atoms with E-state index in [4.69, 9.17) is 27.9 Å². The average Bonchev–Trinajstić information content (AvgIpc) is 2.68. The molecular weight excluding hydrogens is 362 g/mol. The molecule has 1 unspecified atom stereocenters. The number of aromatic nitrogens is 1. The Kier molecular flexibility index (Phi) is 5.46. The number of benzene rings is 2. The number of nitrogens with zero attached hydrogens (tertiary/aromatic N) is 3. The molecule has 0 fully saturated rings. The quantitative estimate of drug-likeness (QED) is 0.519. The van der Waals surface area contributed by atoms with Crippen molar-refractivity contribution in [3.8, 4) is 11.8 Å². The van der Waals surface area contributed by atoms with Gasteiger partial charge in [0.2, 0.25) is 0 Å². The van der Waals surface area contributed by atoms with Crippen LogP contribution in [0.15, 0.2) is 61.1 Å². The summed E-state index contributed by atoms with van der Waals surface area (Å²) in [4.78, 5) is 4.22. The van der Waals surface area contributed by atoms with Gasteiger partial charge >= 0.3 is 0 Å². The maximum atomic E-state index is 9.71. The van der Waals surface area contributed by atoms with E-state index in [0.29, 0.717) is 27.6 Å². The van der Waals surface area contributed by atoms with Crippen LogP contribution in [0.25, 0.3) is 16.5 Å². The zero-order valence-electron chi connectivity index (χ0n) is 14.6. The monoisotopic (exact) mass is 379 g/mol. The highest BCUT2D eigenvalue weighted by Crippen LogP contribution is 2.28. The standard InChI is InChI=1S/C20H18ClN5O/c1-27-16-7-14(6-15(21)8-16)19(23)12-26(24)20(9-22)18-11-25-10-13-4-2-3-5-17(13)18/h2-8,10-12,20H,23-24H2,1H3/b19-12-. The molecule has 0 radical (unpaired) electrons. The summed E-state index contributed by atoms with van der Waals surface area (Å²) in [5.74, 6) is 6.74. The number of fused-ring (bicyclic) bond motifs is 1. The number of methoxy groups -OCH3 is 1. The van der Waals surface area contributed by atoms with Crippen molar-refractivity contribution in [2.45, 2.75) is 6.04 Å². The maximum Gasteiger partial charge on any atom is 0.158 e. The van der Waals surface area contributed by atoms with Crippen LogP contribution in [0.5, 0.6) is 5.75 Å². The lowest BCUT2D eigenvalue weighted by atomic mass is 10.0. The third-order valence-corrected chi connectivity index (χ3v) is 4.36. The van der Waals surface area contributed by atoms with Crippen LogP contribution in [-0.2, 0) is 0 Å². The Morgan fingerprint density at radius 3 is 2.81 bits per heavy atom. The second-order valence-electron chi connectivity index (χ2n) is 5.89. The van der Waals surface area contributed by atoms with E-state index < -0.39 is 6.04 Å². The Hall–Kier alpha value is -3.27. The number of hydrogen-bond acceptors (Lipinski definition) is 6. The lowest BCUT2D eigenvalue weighted by Gasteiger charge is -2.22. The van der Waals surface area contributed by atoms with Crippen molar-refractivity contribution in [1.82, 2.24) is 9.99 Å². The van der Waals surface area contributed by atoms with E-state index in [-0.39, 0.29) is 0 Å². The van der Waals surface area contributed by atoms with Gasteiger partial charge in [0, 0.05) is 40.1 Å². The van der Waals surface area contributed by atoms with Crippen LogP contribution in [0.2, 0.25) is 5.02 Å². The summed E-state index contributed by atoms with van der Waals surface area (Å²) in [5, 5.41) is 13.3. The van der Waals surface area contributed by atoms with Gasteiger partial charge in [0.1, 0.15) is 5.75 Å². The highest BCUT2D eigenvalue weighted by atomic mass is 35.5. The first-order chi connectivity index (χ1) is 13.0. The third-order valence-electron chi connectivity index (χ3n) is 4.14. The van der Waals surface area contributed by atoms with Crippen molar-refractivity contribution in [2.24, 2.45) is 11.6 Å². The Morgan fingerprint density at radius 2 is 2.07 bits per heavy atom. The second-order valence-corrected chi connectivity index (χ2v) is 6.33. The van der Waals surface area contributed by atoms with Crippen molar-refractivity contribution in [3.63, 3.8) is 0 Å². The molecule has 3 aromatic rings. The molecule has 1 aromatic heterocycles. The lowest BCUT2D eigenvalue weighted by molar-refractivity contribution is 0.346. The van der Waals surface area contributed by atoms with Gasteiger partial charge in [-0.15, -0.1) is 0 Å². The number of hydrazine groups is 1. The van der Waals surface area contributed by atoms with Gasteiger partial charge in [-0.25, -0.2) is 5.84 Å². The Labute approximate surface area is 162 Å². The number of nitrogens with two attached hydrogens (primary N) is 2. The SMILES string of the molecule is COc1cc(Cl)cc(/C(N)=C/N(N)C(C#N)c2cncc3ccccc23)c1. The van der Waals surface area contributed by atoms with Gasteiger partial charge in [0.05, 0.1) is 18.9 Å². The zero-order valence-corrected chi connectivity index (χ0v) is 15.4. The van der Waals surface area contributed by atoms with Crippen LogP contribution in [-0.4, -0.2) is 17.1 Å². The van der Waals surface area contributed by atoms with Gasteiger partial charge in [-0.1, -0.05) is 35.9 Å². The normalized spacial score (nSPS) is 12.4. The summed E-state index contributed by atoms with van der Waals surface area (Å²) >= 11 is 6.09. The van der Waals surface area contributed by atoms with Crippen LogP contribution in [0.1, 0.15) is 17.2 Å². The fraction of sp³-hybridized carbons (Fsp3) is 0.100. The third kappa shape index (κ3) is 3.95. The van der Waals surface area contributed by atoms with E-state index in [1.165, 1.54) is 11.2 Å². The van der Waals surface area contributed by atoms with Crippen LogP contribution in [0.3, 0.4) is 0 Å². The molecular formula is C20H18ClN5O. The highest BCUT2D eigenvalue weighted by Gasteiger charge is 2.18. The molecule has 0 aliphatic carbocycles. The first-order valence-electron chi connectivity index (χ1n) is 8.11. The summed E-state index contributed by atoms with van der Waals surface area (Å²) in [6, 6.07) is 14.3. The first-order valence-corrected chi connectivity index (χ1v) is 8.49. The summed E-state index contributed by atoms with van der Waals surface area (Å²) in [5.41, 5.74) is 7.87. The zero-order chi connectivity index (χ0) is 19.4. The van der Waals surface area contributed by atoms with Gasteiger partial charge < -0.3 is 10.5 Å². The number of hydrogen-bond donors (Lipinski definition) is 2. The molecule has 0 saturated carbocycles. The smallest absolute Gasteiger partial charge is 0.158 e. The fourth-order valence-electron chi connectivity index (χ4n) is 2.81. The molecule has 2 aromatic carbocycles. The number of ether oxygens (including phenoxy) is 1. The van der Waals surface area contributed by atoms with Gasteiger partial charge in [-0.3, -0.25) is 9.99 Å². The molecule has 0 aliphatic heterocycles. The molecule has 0 spiro atoms. The predicted octanol–water partition coefficient (Wildman–Crippen LogP) is 3.59. The first kappa shape index (κ1) is 18.5. The van der Waals surface area contributed by atoms with Gasteiger partial charge in [-0.2, -0.15) is 5.26 Å². The van der Waals surface area contributed by atoms with Crippen molar-refractivity contribution in [3.05, 3.63) is 77.2 Å². The molecule has 136 valence electrons. The Balaban J connectivity index is 1.98. The van der Waals surface area contributed by atoms with E-state index in [0.717, 1.165) is 10.8 Å². The lowest BCUT2D eigenvalue weighted by Crippen LogP contribution is -2.30. The molecule has 0 amide bonds. The minimum absolute atomic E-state index is 0.353. The summed E-state index contributed by atoms with van der Waals surface area (Å²) < 4.78 is 5.20. The molecule has 1 heterocycles. The van der Waals surface area contributed by atoms with E-state index in [9.17, 15) is 5.26 Å². The van der Waals surface area contributed by atoms with Gasteiger partial charge in [-0.05, 0) is 23.6 Å². The number of pyridine rings is 1. The highest BCUT2D eigenvalue weighted by molar-refractivity contribution is 6.30. The van der Waals surface area contributed by atoms with Crippen molar-refractivity contribution >= 4 is 28.1 Å². The number of halogens is 1. The molecule has 3 rings (SSSR count). The van der Waals surface area contributed by atoms with Crippen molar-refractivity contribution in [2.75, 3.05) is 7.11 Å². The largest absolute Gasteiger partial charge is 0.497 e. The van der Waals surface area contributed by atoms with Crippen LogP contribution >= 0.6 is 11.6 Å². The predicted molar refractivity (Wildman–Crippen MR) is 106 cm³/mol. The van der Waals surface area contributed by atoms with Gasteiger partial charge in [0.15, 0.2) is 6.04 Å². The van der Waals surface area contributed by atoms with Crippen LogP contribution in [0, 0.1) is 11.3 Å². The van der Waals surface area contributed by atoms with E-state index in [2.05, 4.69) is 11.1 Å². The maximum absolute atomic E-state index is 9.71. The molecule has 0 saturated heterocycles. The summed E-state index contributed by atoms with van der Waals surface area (Å²) in [6.07, 6.45) is 4.89. The van der Waals surface area contributed by atoms with Crippen LogP contribution in [0.4, 0.5) is 0 Å². The van der Waals surface area contributed by atoms with Crippen molar-refractivity contribution < 1.29 is 4.74 Å². The molecule has 1 atom stereocenters. The minimum atomic E-state index is -0.761. The van der Waals surface area contributed by atoms with E-state index in [1.54, 1.807) is 37.7 Å². The summed E-state index contributed by atoms with van der Waals surface area (Å²) in [6.45, 7) is 0. The van der Waals surface area contributed by atoms with Crippen molar-refractivity contribution in [1.29, 1.82) is 5.26 Å². The number of nitriles is 1. The minimum Gasteiger partial charge on any atom is -0.497 e. The second kappa shape index (κ2) is 7.96. The Bertz CT molecular complexity index is 1040.